The van der Waals surface area contributed by atoms with Gasteiger partial charge in [-0.3, -0.25) is 0 Å². The maximum absolute atomic E-state index is 13.1. The number of rotatable bonds is 4. The van der Waals surface area contributed by atoms with E-state index in [2.05, 4.69) is 48.5 Å². The third-order valence-electron chi connectivity index (χ3n) is 6.83. The third kappa shape index (κ3) is 2.97. The summed E-state index contributed by atoms with van der Waals surface area (Å²) in [5.74, 6) is -0.577. The van der Waals surface area contributed by atoms with Gasteiger partial charge < -0.3 is 9.47 Å². The van der Waals surface area contributed by atoms with E-state index in [0.717, 1.165) is 38.9 Å². The number of hydrogen-bond acceptors (Lipinski definition) is 3. The van der Waals surface area contributed by atoms with Crippen LogP contribution in [0.5, 0.6) is 0 Å². The van der Waals surface area contributed by atoms with Gasteiger partial charge in [0.25, 0.3) is 0 Å². The van der Waals surface area contributed by atoms with Gasteiger partial charge in [0, 0.05) is 17.8 Å². The minimum atomic E-state index is -0.621. The fraction of sp³-hybridized carbons (Fsp3) is 1.00. The molecule has 23 heavy (non-hydrogen) atoms. The first-order chi connectivity index (χ1) is 10.6. The van der Waals surface area contributed by atoms with Crippen molar-refractivity contribution in [2.45, 2.75) is 97.4 Å². The van der Waals surface area contributed by atoms with Crippen molar-refractivity contribution in [3.05, 3.63) is 0 Å². The van der Waals surface area contributed by atoms with Crippen LogP contribution < -0.4 is 0 Å². The minimum absolute atomic E-state index is 0.0447. The second-order valence-electron chi connectivity index (χ2n) is 8.70. The van der Waals surface area contributed by atoms with Gasteiger partial charge in [0.15, 0.2) is 5.79 Å². The van der Waals surface area contributed by atoms with E-state index >= 15 is 0 Å². The Morgan fingerprint density at radius 1 is 1.04 bits per heavy atom. The lowest BCUT2D eigenvalue weighted by atomic mass is 9.67. The highest BCUT2D eigenvalue weighted by atomic mass is 16.7. The van der Waals surface area contributed by atoms with E-state index in [1.165, 1.54) is 5.06 Å². The van der Waals surface area contributed by atoms with E-state index in [1.807, 2.05) is 0 Å². The molecule has 3 atom stereocenters. The van der Waals surface area contributed by atoms with Gasteiger partial charge in [-0.1, -0.05) is 41.0 Å². The molecule has 2 fully saturated rings. The second-order valence-corrected chi connectivity index (χ2v) is 8.70. The molecule has 4 nitrogen and oxygen atoms in total. The molecule has 0 aromatic heterocycles. The summed E-state index contributed by atoms with van der Waals surface area (Å²) in [5.41, 5.74) is -0.795. The Kier molecular flexibility index (Phi) is 5.24. The highest BCUT2D eigenvalue weighted by Crippen LogP contribution is 2.53. The van der Waals surface area contributed by atoms with Crippen molar-refractivity contribution in [3.8, 4) is 0 Å². The summed E-state index contributed by atoms with van der Waals surface area (Å²) in [6.07, 6.45) is 4.51. The molecule has 0 aromatic rings. The minimum Gasteiger partial charge on any atom is -0.349 e. The molecule has 2 rings (SSSR count). The van der Waals surface area contributed by atoms with Crippen molar-refractivity contribution in [2.24, 2.45) is 11.3 Å². The summed E-state index contributed by atoms with van der Waals surface area (Å²) in [7, 11) is 0. The summed E-state index contributed by atoms with van der Waals surface area (Å²) in [6.45, 7) is 16.4. The van der Waals surface area contributed by atoms with Crippen LogP contribution in [0.25, 0.3) is 0 Å². The van der Waals surface area contributed by atoms with Crippen molar-refractivity contribution in [1.82, 2.24) is 5.06 Å². The third-order valence-corrected chi connectivity index (χ3v) is 6.83. The maximum Gasteiger partial charge on any atom is 0.174 e. The Morgan fingerprint density at radius 2 is 1.61 bits per heavy atom. The fourth-order valence-electron chi connectivity index (χ4n) is 4.52. The van der Waals surface area contributed by atoms with Gasteiger partial charge in [-0.15, -0.1) is 10.3 Å². The monoisotopic (exact) mass is 326 g/mol. The SMILES string of the molecule is CCCC1(C)COC2(CC(C)(CC)N([O])C(C)(CC)C2C)OC1. The van der Waals surface area contributed by atoms with E-state index in [9.17, 15) is 5.21 Å². The van der Waals surface area contributed by atoms with Crippen molar-refractivity contribution in [1.29, 1.82) is 0 Å². The van der Waals surface area contributed by atoms with E-state index < -0.39 is 16.9 Å². The van der Waals surface area contributed by atoms with Gasteiger partial charge in [0.05, 0.1) is 24.3 Å². The van der Waals surface area contributed by atoms with Crippen LogP contribution in [0.3, 0.4) is 0 Å². The quantitative estimate of drug-likeness (QED) is 0.760. The Bertz CT molecular complexity index is 419. The van der Waals surface area contributed by atoms with Crippen LogP contribution in [0.2, 0.25) is 0 Å². The average Bonchev–Trinajstić information content (AvgIpc) is 2.54. The predicted octanol–water partition coefficient (Wildman–Crippen LogP) is 4.56. The molecule has 0 amide bonds. The first-order valence-electron chi connectivity index (χ1n) is 9.37. The molecule has 0 saturated carbocycles. The molecule has 2 aliphatic rings. The van der Waals surface area contributed by atoms with Crippen LogP contribution in [0.15, 0.2) is 0 Å². The van der Waals surface area contributed by atoms with E-state index in [0.29, 0.717) is 6.42 Å². The lowest BCUT2D eigenvalue weighted by Crippen LogP contribution is -2.72. The summed E-state index contributed by atoms with van der Waals surface area (Å²) >= 11 is 0. The topological polar surface area (TPSA) is 41.6 Å². The molecule has 2 aliphatic heterocycles. The molecule has 1 spiro atoms. The molecule has 2 saturated heterocycles. The molecular weight excluding hydrogens is 290 g/mol. The van der Waals surface area contributed by atoms with Crippen LogP contribution >= 0.6 is 0 Å². The largest absolute Gasteiger partial charge is 0.349 e. The van der Waals surface area contributed by atoms with Gasteiger partial charge in [-0.25, -0.2) is 0 Å². The normalized spacial score (nSPS) is 48.8. The van der Waals surface area contributed by atoms with Gasteiger partial charge in [0.1, 0.15) is 0 Å². The Balaban J connectivity index is 2.32. The highest BCUT2D eigenvalue weighted by molar-refractivity contribution is 5.08. The lowest BCUT2D eigenvalue weighted by molar-refractivity contribution is -0.413. The number of nitrogens with zero attached hydrogens (tertiary/aromatic N) is 1. The number of piperidine rings is 1. The van der Waals surface area contributed by atoms with Crippen molar-refractivity contribution in [3.63, 3.8) is 0 Å². The molecular formula is C19H36NO3. The van der Waals surface area contributed by atoms with Crippen LogP contribution in [-0.2, 0) is 14.7 Å². The number of ether oxygens (including phenoxy) is 2. The molecule has 0 bridgehead atoms. The first-order valence-corrected chi connectivity index (χ1v) is 9.37. The maximum atomic E-state index is 13.1. The summed E-state index contributed by atoms with van der Waals surface area (Å²) in [5, 5.41) is 14.5. The fourth-order valence-corrected chi connectivity index (χ4v) is 4.52. The van der Waals surface area contributed by atoms with Crippen molar-refractivity contribution >= 4 is 0 Å². The first kappa shape index (κ1) is 19.2. The average molecular weight is 327 g/mol. The smallest absolute Gasteiger partial charge is 0.174 e. The second kappa shape index (κ2) is 6.29. The van der Waals surface area contributed by atoms with E-state index in [4.69, 9.17) is 9.47 Å². The van der Waals surface area contributed by atoms with Gasteiger partial charge in [-0.2, -0.15) is 0 Å². The molecule has 135 valence electrons. The van der Waals surface area contributed by atoms with E-state index in [1.54, 1.807) is 0 Å². The highest BCUT2D eigenvalue weighted by Gasteiger charge is 2.63. The Labute approximate surface area is 142 Å². The lowest BCUT2D eigenvalue weighted by Gasteiger charge is -2.62. The molecule has 4 heteroatoms. The Morgan fingerprint density at radius 3 is 2.04 bits per heavy atom. The number of hydroxylamine groups is 2. The van der Waals surface area contributed by atoms with Gasteiger partial charge in [0.2, 0.25) is 0 Å². The molecule has 3 unspecified atom stereocenters. The van der Waals surface area contributed by atoms with Crippen LogP contribution in [0.1, 0.15) is 80.6 Å². The summed E-state index contributed by atoms with van der Waals surface area (Å²) < 4.78 is 12.9. The van der Waals surface area contributed by atoms with E-state index in [-0.39, 0.29) is 11.3 Å². The summed E-state index contributed by atoms with van der Waals surface area (Å²) in [6, 6.07) is 0. The summed E-state index contributed by atoms with van der Waals surface area (Å²) in [4.78, 5) is 0. The molecule has 0 aromatic carbocycles. The van der Waals surface area contributed by atoms with Crippen LogP contribution in [0.4, 0.5) is 0 Å². The standard InChI is InChI=1S/C19H36NO3/c1-8-11-16(5)13-22-19(23-14-16)12-17(6,9-2)20(21)18(7,10-3)15(19)4/h15H,8-14H2,1-7H3. The van der Waals surface area contributed by atoms with Gasteiger partial charge in [-0.05, 0) is 33.1 Å². The van der Waals surface area contributed by atoms with Crippen LogP contribution in [-0.4, -0.2) is 35.1 Å². The van der Waals surface area contributed by atoms with Gasteiger partial charge >= 0.3 is 0 Å². The number of hydrogen-bond donors (Lipinski definition) is 0. The zero-order valence-electron chi connectivity index (χ0n) is 16.2. The van der Waals surface area contributed by atoms with Crippen molar-refractivity contribution < 1.29 is 14.7 Å². The van der Waals surface area contributed by atoms with Crippen LogP contribution in [0, 0.1) is 11.3 Å². The molecule has 2 heterocycles. The Hall–Kier alpha value is -0.160. The van der Waals surface area contributed by atoms with Crippen molar-refractivity contribution in [2.75, 3.05) is 13.2 Å². The molecule has 1 radical (unpaired) electrons. The predicted molar refractivity (Wildman–Crippen MR) is 91.3 cm³/mol. The molecule has 0 aliphatic carbocycles. The zero-order chi connectivity index (χ0) is 17.5. The zero-order valence-corrected chi connectivity index (χ0v) is 16.2. The molecule has 0 N–H and O–H groups in total.